The summed E-state index contributed by atoms with van der Waals surface area (Å²) in [5.74, 6) is -0.433. The van der Waals surface area contributed by atoms with Crippen molar-refractivity contribution >= 4 is 11.8 Å². The first-order chi connectivity index (χ1) is 8.75. The maximum absolute atomic E-state index is 10.6. The van der Waals surface area contributed by atoms with Crippen molar-refractivity contribution in [3.8, 4) is 0 Å². The lowest BCUT2D eigenvalue weighted by Crippen LogP contribution is -2.08. The molecule has 0 saturated carbocycles. The highest BCUT2D eigenvalue weighted by Crippen LogP contribution is 2.19. The number of aromatic carboxylic acids is 1. The smallest absolute Gasteiger partial charge is 0.356 e. The molecule has 0 fully saturated rings. The van der Waals surface area contributed by atoms with Crippen molar-refractivity contribution in [1.29, 1.82) is 0 Å². The van der Waals surface area contributed by atoms with Crippen LogP contribution in [0.2, 0.25) is 0 Å². The summed E-state index contributed by atoms with van der Waals surface area (Å²) in [7, 11) is 0. The van der Waals surface area contributed by atoms with Crippen molar-refractivity contribution in [3.63, 3.8) is 0 Å². The van der Waals surface area contributed by atoms with Gasteiger partial charge in [0.05, 0.1) is 0 Å². The minimum atomic E-state index is -1.05. The van der Waals surface area contributed by atoms with E-state index >= 15 is 0 Å². The zero-order chi connectivity index (χ0) is 12.8. The first kappa shape index (κ1) is 12.5. The van der Waals surface area contributed by atoms with Crippen LogP contribution < -0.4 is 5.32 Å². The van der Waals surface area contributed by atoms with E-state index in [4.69, 9.17) is 5.11 Å². The van der Waals surface area contributed by atoms with Crippen molar-refractivity contribution in [2.75, 3.05) is 11.9 Å². The quantitative estimate of drug-likeness (QED) is 0.782. The second-order valence-electron chi connectivity index (χ2n) is 4.39. The highest BCUT2D eigenvalue weighted by Gasteiger charge is 2.06. The number of carbonyl (C=O) groups is 1. The Bertz CT molecular complexity index is 440. The van der Waals surface area contributed by atoms with Gasteiger partial charge in [0.2, 0.25) is 0 Å². The lowest BCUT2D eigenvalue weighted by molar-refractivity contribution is 0.0689. The minimum Gasteiger partial charge on any atom is -0.476 e. The summed E-state index contributed by atoms with van der Waals surface area (Å²) in [5.41, 5.74) is 1.47. The van der Waals surface area contributed by atoms with Crippen LogP contribution in [0.15, 0.2) is 23.8 Å². The molecule has 5 nitrogen and oxygen atoms in total. The summed E-state index contributed by atoms with van der Waals surface area (Å²) >= 11 is 0. The molecule has 0 atom stereocenters. The minimum absolute atomic E-state index is 0.0319. The Morgan fingerprint density at radius 3 is 2.83 bits per heavy atom. The zero-order valence-corrected chi connectivity index (χ0v) is 10.2. The molecular weight excluding hydrogens is 230 g/mol. The van der Waals surface area contributed by atoms with Crippen LogP contribution in [0.4, 0.5) is 5.82 Å². The molecule has 1 heterocycles. The highest BCUT2D eigenvalue weighted by atomic mass is 16.4. The molecule has 2 N–H and O–H groups in total. The number of nitrogens with zero attached hydrogens (tertiary/aromatic N) is 2. The fraction of sp³-hybridized carbons (Fsp3) is 0.462. The molecule has 96 valence electrons. The fourth-order valence-electron chi connectivity index (χ4n) is 2.02. The molecule has 5 heteroatoms. The van der Waals surface area contributed by atoms with Gasteiger partial charge in [0.1, 0.15) is 5.82 Å². The third kappa shape index (κ3) is 3.55. The molecule has 0 aliphatic heterocycles. The Labute approximate surface area is 106 Å². The van der Waals surface area contributed by atoms with Gasteiger partial charge in [-0.25, -0.2) is 4.79 Å². The third-order valence-corrected chi connectivity index (χ3v) is 3.02. The SMILES string of the molecule is O=C(O)c1ccc(NCCC2=CCCCC2)nn1. The van der Waals surface area contributed by atoms with Gasteiger partial charge >= 0.3 is 5.97 Å². The summed E-state index contributed by atoms with van der Waals surface area (Å²) in [4.78, 5) is 10.6. The monoisotopic (exact) mass is 247 g/mol. The van der Waals surface area contributed by atoms with E-state index < -0.39 is 5.97 Å². The molecule has 0 saturated heterocycles. The van der Waals surface area contributed by atoms with Crippen LogP contribution in [-0.2, 0) is 0 Å². The van der Waals surface area contributed by atoms with Crippen molar-refractivity contribution in [1.82, 2.24) is 10.2 Å². The lowest BCUT2D eigenvalue weighted by atomic mass is 9.97. The largest absolute Gasteiger partial charge is 0.476 e. The number of allylic oxidation sites excluding steroid dienone is 1. The number of carboxylic acid groups (broad SMARTS) is 1. The van der Waals surface area contributed by atoms with E-state index in [-0.39, 0.29) is 5.69 Å². The molecule has 0 spiro atoms. The van der Waals surface area contributed by atoms with E-state index in [0.717, 1.165) is 13.0 Å². The Morgan fingerprint density at radius 2 is 2.22 bits per heavy atom. The van der Waals surface area contributed by atoms with Gasteiger partial charge in [0, 0.05) is 6.54 Å². The van der Waals surface area contributed by atoms with Gasteiger partial charge in [-0.05, 0) is 44.2 Å². The average molecular weight is 247 g/mol. The zero-order valence-electron chi connectivity index (χ0n) is 10.2. The fourth-order valence-corrected chi connectivity index (χ4v) is 2.02. The van der Waals surface area contributed by atoms with Gasteiger partial charge in [0.25, 0.3) is 0 Å². The molecule has 0 bridgehead atoms. The summed E-state index contributed by atoms with van der Waals surface area (Å²) < 4.78 is 0. The van der Waals surface area contributed by atoms with Gasteiger partial charge in [-0.3, -0.25) is 0 Å². The predicted octanol–water partition coefficient (Wildman–Crippen LogP) is 2.48. The van der Waals surface area contributed by atoms with Crippen molar-refractivity contribution in [2.45, 2.75) is 32.1 Å². The molecule has 1 aliphatic carbocycles. The van der Waals surface area contributed by atoms with Gasteiger partial charge in [-0.1, -0.05) is 11.6 Å². The molecule has 0 aromatic carbocycles. The Hall–Kier alpha value is -1.91. The maximum atomic E-state index is 10.6. The number of hydrogen-bond donors (Lipinski definition) is 2. The van der Waals surface area contributed by atoms with E-state index in [9.17, 15) is 4.79 Å². The van der Waals surface area contributed by atoms with Gasteiger partial charge in [-0.15, -0.1) is 10.2 Å². The normalized spacial score (nSPS) is 15.0. The third-order valence-electron chi connectivity index (χ3n) is 3.02. The highest BCUT2D eigenvalue weighted by molar-refractivity contribution is 5.85. The molecule has 0 amide bonds. The summed E-state index contributed by atoms with van der Waals surface area (Å²) in [6.07, 6.45) is 8.33. The first-order valence-electron chi connectivity index (χ1n) is 6.24. The Kier molecular flexibility index (Phi) is 4.28. The van der Waals surface area contributed by atoms with Crippen LogP contribution in [0.1, 0.15) is 42.6 Å². The summed E-state index contributed by atoms with van der Waals surface area (Å²) in [6, 6.07) is 3.10. The molecular formula is C13H17N3O2. The van der Waals surface area contributed by atoms with E-state index in [2.05, 4.69) is 21.6 Å². The van der Waals surface area contributed by atoms with Gasteiger partial charge < -0.3 is 10.4 Å². The predicted molar refractivity (Wildman–Crippen MR) is 68.6 cm³/mol. The topological polar surface area (TPSA) is 75.1 Å². The standard InChI is InChI=1S/C13H17N3O2/c17-13(18)11-6-7-12(16-15-11)14-9-8-10-4-2-1-3-5-10/h4,6-7H,1-3,5,8-9H2,(H,14,16)(H,17,18). The van der Waals surface area contributed by atoms with Crippen LogP contribution in [-0.4, -0.2) is 27.8 Å². The molecule has 1 aromatic rings. The molecule has 18 heavy (non-hydrogen) atoms. The van der Waals surface area contributed by atoms with Gasteiger partial charge in [-0.2, -0.15) is 0 Å². The van der Waals surface area contributed by atoms with E-state index in [0.29, 0.717) is 5.82 Å². The van der Waals surface area contributed by atoms with Crippen LogP contribution in [0.3, 0.4) is 0 Å². The Morgan fingerprint density at radius 1 is 1.33 bits per heavy atom. The summed E-state index contributed by atoms with van der Waals surface area (Å²) in [6.45, 7) is 0.812. The number of rotatable bonds is 5. The summed E-state index contributed by atoms with van der Waals surface area (Å²) in [5, 5.41) is 19.3. The molecule has 0 radical (unpaired) electrons. The van der Waals surface area contributed by atoms with E-state index in [1.807, 2.05) is 0 Å². The molecule has 2 rings (SSSR count). The van der Waals surface area contributed by atoms with Gasteiger partial charge in [0.15, 0.2) is 5.69 Å². The van der Waals surface area contributed by atoms with E-state index in [1.54, 1.807) is 6.07 Å². The lowest BCUT2D eigenvalue weighted by Gasteiger charge is -2.12. The van der Waals surface area contributed by atoms with Crippen molar-refractivity contribution < 1.29 is 9.90 Å². The number of nitrogens with one attached hydrogen (secondary N) is 1. The Balaban J connectivity index is 1.79. The molecule has 0 unspecified atom stereocenters. The molecule has 1 aromatic heterocycles. The first-order valence-corrected chi connectivity index (χ1v) is 6.24. The molecule has 1 aliphatic rings. The number of aromatic nitrogens is 2. The second kappa shape index (κ2) is 6.14. The van der Waals surface area contributed by atoms with Crippen LogP contribution in [0.25, 0.3) is 0 Å². The van der Waals surface area contributed by atoms with Crippen LogP contribution >= 0.6 is 0 Å². The maximum Gasteiger partial charge on any atom is 0.356 e. The number of anilines is 1. The second-order valence-corrected chi connectivity index (χ2v) is 4.39. The van der Waals surface area contributed by atoms with Crippen LogP contribution in [0.5, 0.6) is 0 Å². The van der Waals surface area contributed by atoms with Crippen LogP contribution in [0, 0.1) is 0 Å². The van der Waals surface area contributed by atoms with E-state index in [1.165, 1.54) is 37.3 Å². The number of hydrogen-bond acceptors (Lipinski definition) is 4. The average Bonchev–Trinajstić information content (AvgIpc) is 2.40. The number of carboxylic acids is 1. The van der Waals surface area contributed by atoms with Crippen molar-refractivity contribution in [2.24, 2.45) is 0 Å². The van der Waals surface area contributed by atoms with Crippen molar-refractivity contribution in [3.05, 3.63) is 29.5 Å².